The molecule has 7 heteroatoms. The van der Waals surface area contributed by atoms with Gasteiger partial charge in [0, 0.05) is 25.5 Å². The zero-order valence-electron chi connectivity index (χ0n) is 13.2. The Morgan fingerprint density at radius 3 is 2.86 bits per heavy atom. The third-order valence-electron chi connectivity index (χ3n) is 4.20. The van der Waals surface area contributed by atoms with E-state index >= 15 is 0 Å². The lowest BCUT2D eigenvalue weighted by Gasteiger charge is -2.14. The average molecular weight is 343 g/mol. The van der Waals surface area contributed by atoms with Gasteiger partial charge in [-0.1, -0.05) is 13.8 Å². The molecule has 1 atom stereocenters. The van der Waals surface area contributed by atoms with Crippen LogP contribution in [0.2, 0.25) is 0 Å². The molecule has 0 aliphatic carbocycles. The van der Waals surface area contributed by atoms with Crippen molar-refractivity contribution in [2.24, 2.45) is 18.7 Å². The van der Waals surface area contributed by atoms with Crippen molar-refractivity contribution < 1.29 is 4.79 Å². The second kappa shape index (κ2) is 6.56. The Hall–Kier alpha value is -1.11. The molecule has 3 heterocycles. The summed E-state index contributed by atoms with van der Waals surface area (Å²) in [5.74, 6) is 0.956. The van der Waals surface area contributed by atoms with Crippen LogP contribution in [0, 0.1) is 5.92 Å². The molecule has 1 aliphatic rings. The normalized spacial score (nSPS) is 18.2. The highest BCUT2D eigenvalue weighted by Crippen LogP contribution is 2.32. The number of thiophene rings is 1. The first-order chi connectivity index (χ1) is 10.0. The molecule has 0 saturated carbocycles. The van der Waals surface area contributed by atoms with E-state index in [9.17, 15) is 4.79 Å². The number of nitrogens with zero attached hydrogens (tertiary/aromatic N) is 3. The highest BCUT2D eigenvalue weighted by atomic mass is 35.5. The Labute approximate surface area is 140 Å². The average Bonchev–Trinajstić information content (AvgIpc) is 3.14. The van der Waals surface area contributed by atoms with Gasteiger partial charge >= 0.3 is 0 Å². The Morgan fingerprint density at radius 2 is 2.27 bits per heavy atom. The van der Waals surface area contributed by atoms with Crippen molar-refractivity contribution in [2.45, 2.75) is 26.2 Å². The lowest BCUT2D eigenvalue weighted by molar-refractivity contribution is 0.0792. The van der Waals surface area contributed by atoms with Gasteiger partial charge in [0.05, 0.1) is 10.6 Å². The number of rotatable bonds is 3. The number of aryl methyl sites for hydroxylation is 1. The number of hydrogen-bond donors (Lipinski definition) is 1. The summed E-state index contributed by atoms with van der Waals surface area (Å²) in [4.78, 5) is 16.5. The van der Waals surface area contributed by atoms with Gasteiger partial charge in [0.15, 0.2) is 0 Å². The van der Waals surface area contributed by atoms with Crippen LogP contribution in [0.15, 0.2) is 6.07 Å². The number of amides is 1. The molecule has 1 unspecified atom stereocenters. The van der Waals surface area contributed by atoms with Gasteiger partial charge in [-0.15, -0.1) is 23.7 Å². The van der Waals surface area contributed by atoms with Gasteiger partial charge in [-0.05, 0) is 30.9 Å². The lowest BCUT2D eigenvalue weighted by Crippen LogP contribution is -2.29. The number of halogens is 1. The topological polar surface area (TPSA) is 64.2 Å². The quantitative estimate of drug-likeness (QED) is 0.932. The summed E-state index contributed by atoms with van der Waals surface area (Å²) in [6.07, 6.45) is 1.02. The molecule has 0 bridgehead atoms. The first-order valence-corrected chi connectivity index (χ1v) is 8.28. The number of carbonyl (C=O) groups is 1. The van der Waals surface area contributed by atoms with E-state index in [1.807, 2.05) is 22.7 Å². The molecule has 0 spiro atoms. The fraction of sp³-hybridized carbons (Fsp3) is 0.600. The number of aromatic nitrogens is 2. The summed E-state index contributed by atoms with van der Waals surface area (Å²) in [5.41, 5.74) is 6.78. The van der Waals surface area contributed by atoms with E-state index in [2.05, 4.69) is 18.9 Å². The standard InChI is InChI=1S/C15H22N4OS.ClH/c1-9(2)13-11-6-12(21-15(11)18(3)17-13)14(20)19-5-4-10(7-16)8-19;/h6,9-10H,4-5,7-8,16H2,1-3H3;1H. The van der Waals surface area contributed by atoms with E-state index < -0.39 is 0 Å². The molecular weight excluding hydrogens is 320 g/mol. The van der Waals surface area contributed by atoms with E-state index in [-0.39, 0.29) is 18.3 Å². The second-order valence-corrected chi connectivity index (χ2v) is 7.17. The number of carbonyl (C=O) groups excluding carboxylic acids is 1. The smallest absolute Gasteiger partial charge is 0.264 e. The SMILES string of the molecule is CC(C)c1nn(C)c2sc(C(=O)N3CCC(CN)C3)cc12.Cl. The molecule has 0 aromatic carbocycles. The monoisotopic (exact) mass is 342 g/mol. The minimum Gasteiger partial charge on any atom is -0.338 e. The van der Waals surface area contributed by atoms with Crippen LogP contribution in [0.4, 0.5) is 0 Å². The number of fused-ring (bicyclic) bond motifs is 1. The first-order valence-electron chi connectivity index (χ1n) is 7.47. The second-order valence-electron chi connectivity index (χ2n) is 6.13. The number of likely N-dealkylation sites (tertiary alicyclic amines) is 1. The minimum absolute atomic E-state index is 0. The molecule has 2 aromatic heterocycles. The molecule has 0 radical (unpaired) electrons. The van der Waals surface area contributed by atoms with Crippen LogP contribution in [0.5, 0.6) is 0 Å². The summed E-state index contributed by atoms with van der Waals surface area (Å²) >= 11 is 1.54. The highest BCUT2D eigenvalue weighted by molar-refractivity contribution is 7.20. The van der Waals surface area contributed by atoms with Gasteiger partial charge in [-0.25, -0.2) is 0 Å². The Bertz CT molecular complexity index is 678. The van der Waals surface area contributed by atoms with Crippen LogP contribution in [0.25, 0.3) is 10.2 Å². The maximum absolute atomic E-state index is 12.6. The number of nitrogens with two attached hydrogens (primary N) is 1. The van der Waals surface area contributed by atoms with E-state index in [0.717, 1.165) is 40.3 Å². The highest BCUT2D eigenvalue weighted by Gasteiger charge is 2.28. The fourth-order valence-corrected chi connectivity index (χ4v) is 4.01. The van der Waals surface area contributed by atoms with Crippen molar-refractivity contribution in [3.63, 3.8) is 0 Å². The fourth-order valence-electron chi connectivity index (χ4n) is 2.96. The molecule has 1 saturated heterocycles. The van der Waals surface area contributed by atoms with Gasteiger partial charge in [0.2, 0.25) is 0 Å². The minimum atomic E-state index is 0. The third-order valence-corrected chi connectivity index (χ3v) is 5.39. The van der Waals surface area contributed by atoms with E-state index in [0.29, 0.717) is 18.4 Å². The van der Waals surface area contributed by atoms with Crippen LogP contribution >= 0.6 is 23.7 Å². The largest absolute Gasteiger partial charge is 0.338 e. The first kappa shape index (κ1) is 17.2. The Morgan fingerprint density at radius 1 is 1.55 bits per heavy atom. The molecule has 2 N–H and O–H groups in total. The van der Waals surface area contributed by atoms with Gasteiger partial charge in [0.1, 0.15) is 4.83 Å². The Kier molecular flexibility index (Phi) is 5.14. The molecule has 122 valence electrons. The number of hydrogen-bond acceptors (Lipinski definition) is 4. The van der Waals surface area contributed by atoms with Crippen molar-refractivity contribution in [3.8, 4) is 0 Å². The maximum Gasteiger partial charge on any atom is 0.264 e. The van der Waals surface area contributed by atoms with E-state index in [1.54, 1.807) is 11.3 Å². The van der Waals surface area contributed by atoms with Crippen LogP contribution in [0.1, 0.15) is 41.6 Å². The summed E-state index contributed by atoms with van der Waals surface area (Å²) in [7, 11) is 1.94. The van der Waals surface area contributed by atoms with Crippen LogP contribution < -0.4 is 5.73 Å². The summed E-state index contributed by atoms with van der Waals surface area (Å²) in [5, 5.41) is 5.68. The predicted molar refractivity (Wildman–Crippen MR) is 93.0 cm³/mol. The summed E-state index contributed by atoms with van der Waals surface area (Å²) in [6, 6.07) is 2.01. The zero-order valence-corrected chi connectivity index (χ0v) is 14.8. The van der Waals surface area contributed by atoms with Crippen molar-refractivity contribution in [1.82, 2.24) is 14.7 Å². The molecular formula is C15H23ClN4OS. The van der Waals surface area contributed by atoms with Crippen LogP contribution in [-0.4, -0.2) is 40.2 Å². The molecule has 22 heavy (non-hydrogen) atoms. The summed E-state index contributed by atoms with van der Waals surface area (Å²) in [6.45, 7) is 6.54. The Balaban J connectivity index is 0.00000176. The molecule has 3 rings (SSSR count). The van der Waals surface area contributed by atoms with Crippen molar-refractivity contribution >= 4 is 39.9 Å². The molecule has 1 fully saturated rings. The van der Waals surface area contributed by atoms with Crippen LogP contribution in [0.3, 0.4) is 0 Å². The van der Waals surface area contributed by atoms with Gasteiger partial charge < -0.3 is 10.6 Å². The van der Waals surface area contributed by atoms with Crippen molar-refractivity contribution in [2.75, 3.05) is 19.6 Å². The lowest BCUT2D eigenvalue weighted by atomic mass is 10.1. The van der Waals surface area contributed by atoms with E-state index in [1.165, 1.54) is 0 Å². The van der Waals surface area contributed by atoms with Gasteiger partial charge in [-0.2, -0.15) is 5.10 Å². The zero-order chi connectivity index (χ0) is 15.1. The molecule has 5 nitrogen and oxygen atoms in total. The van der Waals surface area contributed by atoms with Crippen molar-refractivity contribution in [3.05, 3.63) is 16.6 Å². The van der Waals surface area contributed by atoms with Crippen molar-refractivity contribution in [1.29, 1.82) is 0 Å². The van der Waals surface area contributed by atoms with Crippen LogP contribution in [-0.2, 0) is 7.05 Å². The molecule has 2 aromatic rings. The predicted octanol–water partition coefficient (Wildman–Crippen LogP) is 2.60. The maximum atomic E-state index is 12.6. The van der Waals surface area contributed by atoms with Gasteiger partial charge in [0.25, 0.3) is 5.91 Å². The molecule has 1 aliphatic heterocycles. The third kappa shape index (κ3) is 2.87. The summed E-state index contributed by atoms with van der Waals surface area (Å²) < 4.78 is 1.89. The van der Waals surface area contributed by atoms with Gasteiger partial charge in [-0.3, -0.25) is 9.48 Å². The van der Waals surface area contributed by atoms with E-state index in [4.69, 9.17) is 5.73 Å². The molecule has 1 amide bonds.